The first-order valence-electron chi connectivity index (χ1n) is 8.95. The van der Waals surface area contributed by atoms with Gasteiger partial charge in [0, 0.05) is 39.3 Å². The van der Waals surface area contributed by atoms with Gasteiger partial charge >= 0.3 is 5.97 Å². The van der Waals surface area contributed by atoms with Gasteiger partial charge in [0.05, 0.1) is 23.9 Å². The molecule has 1 aromatic carbocycles. The lowest BCUT2D eigenvalue weighted by atomic mass is 10.1. The summed E-state index contributed by atoms with van der Waals surface area (Å²) in [5, 5.41) is 3.07. The number of methoxy groups -OCH3 is 1. The lowest BCUT2D eigenvalue weighted by Gasteiger charge is -2.34. The number of hydrogen-bond acceptors (Lipinski definition) is 6. The molecule has 0 radical (unpaired) electrons. The minimum Gasteiger partial charge on any atom is -0.465 e. The van der Waals surface area contributed by atoms with Crippen LogP contribution in [0.1, 0.15) is 27.6 Å². The SMILES string of the molecule is COC(=O)c1ccccc1Nc1ccc(C(=O)N2CCN(C(C)=O)CC2)cn1. The zero-order chi connectivity index (χ0) is 20.1. The molecule has 0 saturated carbocycles. The molecular weight excluding hydrogens is 360 g/mol. The number of aromatic nitrogens is 1. The molecule has 3 rings (SSSR count). The minimum atomic E-state index is -0.445. The summed E-state index contributed by atoms with van der Waals surface area (Å²) in [4.78, 5) is 43.6. The number of benzene rings is 1. The standard InChI is InChI=1S/C20H22N4O4/c1-14(25)23-9-11-24(12-10-23)19(26)15-7-8-18(21-13-15)22-17-6-4-3-5-16(17)20(27)28-2/h3-8,13H,9-12H2,1-2H3,(H,21,22). The van der Waals surface area contributed by atoms with Gasteiger partial charge in [-0.05, 0) is 24.3 Å². The number of nitrogens with zero attached hydrogens (tertiary/aromatic N) is 3. The predicted octanol–water partition coefficient (Wildman–Crippen LogP) is 1.92. The van der Waals surface area contributed by atoms with Crippen LogP contribution in [-0.2, 0) is 9.53 Å². The smallest absolute Gasteiger partial charge is 0.339 e. The number of rotatable bonds is 4. The van der Waals surface area contributed by atoms with Crippen LogP contribution < -0.4 is 5.32 Å². The number of carbonyl (C=O) groups is 3. The van der Waals surface area contributed by atoms with Crippen molar-refractivity contribution in [2.24, 2.45) is 0 Å². The number of amides is 2. The highest BCUT2D eigenvalue weighted by Crippen LogP contribution is 2.21. The van der Waals surface area contributed by atoms with Gasteiger partial charge in [-0.2, -0.15) is 0 Å². The lowest BCUT2D eigenvalue weighted by molar-refractivity contribution is -0.130. The van der Waals surface area contributed by atoms with Crippen molar-refractivity contribution >= 4 is 29.3 Å². The van der Waals surface area contributed by atoms with Crippen LogP contribution in [0.5, 0.6) is 0 Å². The number of para-hydroxylation sites is 1. The van der Waals surface area contributed by atoms with Crippen LogP contribution in [0.3, 0.4) is 0 Å². The largest absolute Gasteiger partial charge is 0.465 e. The summed E-state index contributed by atoms with van der Waals surface area (Å²) in [5.74, 6) is -0.0254. The molecule has 8 nitrogen and oxygen atoms in total. The fraction of sp³-hybridized carbons (Fsp3) is 0.300. The van der Waals surface area contributed by atoms with Gasteiger partial charge in [-0.3, -0.25) is 9.59 Å². The first kappa shape index (κ1) is 19.3. The maximum Gasteiger partial charge on any atom is 0.339 e. The molecule has 146 valence electrons. The Hall–Kier alpha value is -3.42. The Kier molecular flexibility index (Phi) is 5.88. The summed E-state index contributed by atoms with van der Waals surface area (Å²) in [5.41, 5.74) is 1.44. The van der Waals surface area contributed by atoms with E-state index >= 15 is 0 Å². The lowest BCUT2D eigenvalue weighted by Crippen LogP contribution is -2.50. The van der Waals surface area contributed by atoms with Crippen LogP contribution in [0, 0.1) is 0 Å². The van der Waals surface area contributed by atoms with E-state index in [9.17, 15) is 14.4 Å². The van der Waals surface area contributed by atoms with Crippen LogP contribution in [-0.4, -0.2) is 65.9 Å². The molecule has 28 heavy (non-hydrogen) atoms. The molecule has 1 fully saturated rings. The van der Waals surface area contributed by atoms with Gasteiger partial charge in [-0.25, -0.2) is 9.78 Å². The van der Waals surface area contributed by atoms with Crippen LogP contribution in [0.25, 0.3) is 0 Å². The Morgan fingerprint density at radius 1 is 1.00 bits per heavy atom. The molecule has 1 aromatic heterocycles. The fourth-order valence-corrected chi connectivity index (χ4v) is 3.02. The monoisotopic (exact) mass is 382 g/mol. The normalized spacial score (nSPS) is 13.8. The third kappa shape index (κ3) is 4.28. The Bertz CT molecular complexity index is 874. The van der Waals surface area contributed by atoms with Gasteiger partial charge < -0.3 is 19.9 Å². The fourth-order valence-electron chi connectivity index (χ4n) is 3.02. The summed E-state index contributed by atoms with van der Waals surface area (Å²) in [7, 11) is 1.33. The van der Waals surface area contributed by atoms with Crippen LogP contribution in [0.2, 0.25) is 0 Å². The van der Waals surface area contributed by atoms with Crippen LogP contribution in [0.15, 0.2) is 42.6 Å². The molecule has 0 spiro atoms. The molecule has 2 heterocycles. The van der Waals surface area contributed by atoms with E-state index in [4.69, 9.17) is 4.74 Å². The average Bonchev–Trinajstić information content (AvgIpc) is 2.73. The summed E-state index contributed by atoms with van der Waals surface area (Å²) < 4.78 is 4.78. The Labute approximate surface area is 163 Å². The van der Waals surface area contributed by atoms with Crippen molar-refractivity contribution in [2.45, 2.75) is 6.92 Å². The predicted molar refractivity (Wildman–Crippen MR) is 103 cm³/mol. The van der Waals surface area contributed by atoms with E-state index in [1.807, 2.05) is 0 Å². The van der Waals surface area contributed by atoms with Gasteiger partial charge in [-0.15, -0.1) is 0 Å². The van der Waals surface area contributed by atoms with Crippen molar-refractivity contribution in [3.8, 4) is 0 Å². The molecule has 2 aromatic rings. The highest BCUT2D eigenvalue weighted by Gasteiger charge is 2.23. The van der Waals surface area contributed by atoms with E-state index in [0.717, 1.165) is 0 Å². The second kappa shape index (κ2) is 8.51. The van der Waals surface area contributed by atoms with Crippen molar-refractivity contribution in [3.05, 3.63) is 53.7 Å². The van der Waals surface area contributed by atoms with Crippen molar-refractivity contribution in [1.82, 2.24) is 14.8 Å². The van der Waals surface area contributed by atoms with E-state index < -0.39 is 5.97 Å². The van der Waals surface area contributed by atoms with Crippen molar-refractivity contribution in [2.75, 3.05) is 38.6 Å². The quantitative estimate of drug-likeness (QED) is 0.813. The van der Waals surface area contributed by atoms with E-state index in [1.54, 1.807) is 46.2 Å². The molecule has 1 aliphatic rings. The van der Waals surface area contributed by atoms with Gasteiger partial charge in [-0.1, -0.05) is 12.1 Å². The Morgan fingerprint density at radius 2 is 1.68 bits per heavy atom. The maximum atomic E-state index is 12.6. The summed E-state index contributed by atoms with van der Waals surface area (Å²) in [6.07, 6.45) is 1.50. The number of esters is 1. The number of pyridine rings is 1. The van der Waals surface area contributed by atoms with E-state index in [2.05, 4.69) is 10.3 Å². The number of ether oxygens (including phenoxy) is 1. The zero-order valence-corrected chi connectivity index (χ0v) is 15.8. The Morgan fingerprint density at radius 3 is 2.29 bits per heavy atom. The number of piperazine rings is 1. The van der Waals surface area contributed by atoms with E-state index in [-0.39, 0.29) is 11.8 Å². The summed E-state index contributed by atoms with van der Waals surface area (Å²) in [6.45, 7) is 3.62. The van der Waals surface area contributed by atoms with Gasteiger partial charge in [0.25, 0.3) is 5.91 Å². The molecule has 0 aliphatic carbocycles. The molecule has 2 amide bonds. The number of carbonyl (C=O) groups excluding carboxylic acids is 3. The first-order chi connectivity index (χ1) is 13.5. The molecule has 1 N–H and O–H groups in total. The van der Waals surface area contributed by atoms with Crippen molar-refractivity contribution < 1.29 is 19.1 Å². The van der Waals surface area contributed by atoms with Gasteiger partial charge in [0.1, 0.15) is 5.82 Å². The van der Waals surface area contributed by atoms with Crippen molar-refractivity contribution in [3.63, 3.8) is 0 Å². The molecule has 0 atom stereocenters. The molecule has 0 unspecified atom stereocenters. The number of hydrogen-bond donors (Lipinski definition) is 1. The van der Waals surface area contributed by atoms with Gasteiger partial charge in [0.2, 0.25) is 5.91 Å². The van der Waals surface area contributed by atoms with Crippen LogP contribution in [0.4, 0.5) is 11.5 Å². The number of anilines is 2. The molecular formula is C20H22N4O4. The second-order valence-corrected chi connectivity index (χ2v) is 6.39. The van der Waals surface area contributed by atoms with Gasteiger partial charge in [0.15, 0.2) is 0 Å². The zero-order valence-electron chi connectivity index (χ0n) is 15.8. The number of nitrogens with one attached hydrogen (secondary N) is 1. The average molecular weight is 382 g/mol. The van der Waals surface area contributed by atoms with Crippen molar-refractivity contribution in [1.29, 1.82) is 0 Å². The third-order valence-corrected chi connectivity index (χ3v) is 4.62. The highest BCUT2D eigenvalue weighted by atomic mass is 16.5. The maximum absolute atomic E-state index is 12.6. The molecule has 1 aliphatic heterocycles. The summed E-state index contributed by atoms with van der Waals surface area (Å²) >= 11 is 0. The Balaban J connectivity index is 1.67. The molecule has 0 bridgehead atoms. The van der Waals surface area contributed by atoms with E-state index in [1.165, 1.54) is 20.2 Å². The second-order valence-electron chi connectivity index (χ2n) is 6.39. The third-order valence-electron chi connectivity index (χ3n) is 4.62. The molecule has 1 saturated heterocycles. The topological polar surface area (TPSA) is 91.8 Å². The van der Waals surface area contributed by atoms with Crippen LogP contribution >= 0.6 is 0 Å². The first-order valence-corrected chi connectivity index (χ1v) is 8.95. The van der Waals surface area contributed by atoms with E-state index in [0.29, 0.717) is 48.8 Å². The molecule has 8 heteroatoms. The summed E-state index contributed by atoms with van der Waals surface area (Å²) in [6, 6.07) is 10.3. The minimum absolute atomic E-state index is 0.0245. The highest BCUT2D eigenvalue weighted by molar-refractivity contribution is 5.96.